The van der Waals surface area contributed by atoms with Gasteiger partial charge in [0.1, 0.15) is 29.2 Å². The molecule has 6 rings (SSSR count). The lowest BCUT2D eigenvalue weighted by molar-refractivity contribution is -0.0445. The highest BCUT2D eigenvalue weighted by Gasteiger charge is 2.42. The first kappa shape index (κ1) is 24.8. The van der Waals surface area contributed by atoms with Crippen LogP contribution in [-0.2, 0) is 6.42 Å². The number of aromatic amines is 1. The number of hydrogen-bond donors (Lipinski definition) is 1. The number of rotatable bonds is 6. The van der Waals surface area contributed by atoms with Crippen molar-refractivity contribution in [3.63, 3.8) is 0 Å². The van der Waals surface area contributed by atoms with E-state index in [1.165, 1.54) is 38.8 Å². The third-order valence-electron chi connectivity index (χ3n) is 8.45. The van der Waals surface area contributed by atoms with Gasteiger partial charge in [-0.1, -0.05) is 25.1 Å². The van der Waals surface area contributed by atoms with Gasteiger partial charge in [0.15, 0.2) is 0 Å². The molecule has 0 radical (unpaired) electrons. The Morgan fingerprint density at radius 1 is 1.05 bits per heavy atom. The summed E-state index contributed by atoms with van der Waals surface area (Å²) in [5.74, 6) is -0.333. The summed E-state index contributed by atoms with van der Waals surface area (Å²) in [5.41, 5.74) is 1.11. The summed E-state index contributed by atoms with van der Waals surface area (Å²) in [5, 5.41) is 1.05. The van der Waals surface area contributed by atoms with Gasteiger partial charge in [0, 0.05) is 66.0 Å². The van der Waals surface area contributed by atoms with Gasteiger partial charge in [-0.05, 0) is 57.6 Å². The van der Waals surface area contributed by atoms with Gasteiger partial charge in [-0.3, -0.25) is 9.80 Å². The number of benzene rings is 2. The maximum atomic E-state index is 15.8. The molecular weight excluding hydrogens is 475 g/mol. The summed E-state index contributed by atoms with van der Waals surface area (Å²) in [6.45, 7) is 8.92. The smallest absolute Gasteiger partial charge is 0.135 e. The Balaban J connectivity index is 1.32. The molecule has 1 saturated heterocycles. The summed E-state index contributed by atoms with van der Waals surface area (Å²) < 4.78 is 52.5. The molecule has 3 aliphatic rings. The third-order valence-corrected chi connectivity index (χ3v) is 8.45. The quantitative estimate of drug-likeness (QED) is 0.416. The molecule has 4 nitrogen and oxygen atoms in total. The van der Waals surface area contributed by atoms with Gasteiger partial charge in [0.05, 0.1) is 6.04 Å². The highest BCUT2D eigenvalue weighted by atomic mass is 19.1. The first-order chi connectivity index (χ1) is 17.6. The number of aromatic nitrogens is 1. The van der Waals surface area contributed by atoms with E-state index in [4.69, 9.17) is 4.74 Å². The van der Waals surface area contributed by atoms with Gasteiger partial charge in [-0.15, -0.1) is 0 Å². The molecule has 1 aromatic heterocycles. The Morgan fingerprint density at radius 2 is 1.73 bits per heavy atom. The molecule has 0 unspecified atom stereocenters. The van der Waals surface area contributed by atoms with Crippen LogP contribution in [0.2, 0.25) is 0 Å². The van der Waals surface area contributed by atoms with Crippen LogP contribution < -0.4 is 4.74 Å². The summed E-state index contributed by atoms with van der Waals surface area (Å²) >= 11 is 0. The number of nitrogens with zero attached hydrogens (tertiary/aromatic N) is 2. The van der Waals surface area contributed by atoms with Crippen molar-refractivity contribution in [1.29, 1.82) is 0 Å². The predicted octanol–water partition coefficient (Wildman–Crippen LogP) is 6.39. The first-order valence-electron chi connectivity index (χ1n) is 13.5. The van der Waals surface area contributed by atoms with Crippen LogP contribution >= 0.6 is 0 Å². The number of fused-ring (bicyclic) bond motifs is 3. The van der Waals surface area contributed by atoms with Crippen LogP contribution in [0.1, 0.15) is 63.4 Å². The largest absolute Gasteiger partial charge is 0.488 e. The van der Waals surface area contributed by atoms with Gasteiger partial charge in [-0.2, -0.15) is 0 Å². The van der Waals surface area contributed by atoms with Crippen molar-refractivity contribution in [2.24, 2.45) is 5.92 Å². The molecule has 0 amide bonds. The minimum Gasteiger partial charge on any atom is -0.488 e. The number of para-hydroxylation sites is 1. The maximum Gasteiger partial charge on any atom is 0.135 e. The van der Waals surface area contributed by atoms with E-state index < -0.39 is 23.3 Å². The summed E-state index contributed by atoms with van der Waals surface area (Å²) in [4.78, 5) is 7.70. The topological polar surface area (TPSA) is 31.5 Å². The predicted molar refractivity (Wildman–Crippen MR) is 140 cm³/mol. The summed E-state index contributed by atoms with van der Waals surface area (Å²) in [6.07, 6.45) is 3.05. The van der Waals surface area contributed by atoms with E-state index in [2.05, 4.69) is 16.8 Å². The average molecular weight is 512 g/mol. The van der Waals surface area contributed by atoms with Crippen molar-refractivity contribution in [3.05, 3.63) is 64.9 Å². The lowest BCUT2D eigenvalue weighted by Crippen LogP contribution is -2.60. The fourth-order valence-corrected chi connectivity index (χ4v) is 6.58. The Morgan fingerprint density at radius 3 is 2.38 bits per heavy atom. The molecule has 37 heavy (non-hydrogen) atoms. The number of alkyl halides is 1. The Labute approximate surface area is 216 Å². The van der Waals surface area contributed by atoms with E-state index in [-0.39, 0.29) is 30.0 Å². The second-order valence-electron chi connectivity index (χ2n) is 12.1. The minimum absolute atomic E-state index is 0.0561. The van der Waals surface area contributed by atoms with Gasteiger partial charge in [-0.25, -0.2) is 13.2 Å². The molecule has 3 heterocycles. The number of H-pyrrole nitrogens is 1. The number of hydrogen-bond acceptors (Lipinski definition) is 3. The molecule has 198 valence electrons. The van der Waals surface area contributed by atoms with Crippen LogP contribution in [0.15, 0.2) is 36.4 Å². The zero-order valence-corrected chi connectivity index (χ0v) is 22.0. The van der Waals surface area contributed by atoms with E-state index in [0.717, 1.165) is 41.2 Å². The number of nitrogens with one attached hydrogen (secondary N) is 1. The van der Waals surface area contributed by atoms with E-state index in [9.17, 15) is 4.39 Å². The molecule has 0 spiro atoms. The highest BCUT2D eigenvalue weighted by Crippen LogP contribution is 2.44. The molecule has 2 aromatic carbocycles. The summed E-state index contributed by atoms with van der Waals surface area (Å²) in [6, 6.07) is 10.2. The molecule has 2 atom stereocenters. The molecule has 0 bridgehead atoms. The van der Waals surface area contributed by atoms with Crippen LogP contribution in [0.25, 0.3) is 10.9 Å². The Kier molecular flexibility index (Phi) is 6.07. The molecule has 3 aromatic rings. The van der Waals surface area contributed by atoms with Crippen LogP contribution in [-0.4, -0.2) is 58.3 Å². The van der Waals surface area contributed by atoms with E-state index in [0.29, 0.717) is 12.5 Å². The SMILES string of the molecule is CC1CC(N2CC(Oc3cc(F)c([C@@H]4c5[nH]c6ccccc6c5C[C@@H](C)N4CC(C)(C)F)c(F)c3)C2)C1. The summed E-state index contributed by atoms with van der Waals surface area (Å²) in [7, 11) is 0. The fourth-order valence-electron chi connectivity index (χ4n) is 6.58. The van der Waals surface area contributed by atoms with Gasteiger partial charge in [0.2, 0.25) is 0 Å². The zero-order chi connectivity index (χ0) is 26.1. The lowest BCUT2D eigenvalue weighted by atomic mass is 9.79. The zero-order valence-electron chi connectivity index (χ0n) is 22.0. The fraction of sp³-hybridized carbons (Fsp3) is 0.533. The monoisotopic (exact) mass is 511 g/mol. The van der Waals surface area contributed by atoms with Crippen molar-refractivity contribution in [2.45, 2.75) is 76.9 Å². The average Bonchev–Trinajstić information content (AvgIpc) is 3.13. The minimum atomic E-state index is -1.53. The number of ether oxygens (including phenoxy) is 1. The van der Waals surface area contributed by atoms with Crippen LogP contribution in [0.3, 0.4) is 0 Å². The molecule has 2 fully saturated rings. The van der Waals surface area contributed by atoms with Crippen molar-refractivity contribution in [3.8, 4) is 5.75 Å². The van der Waals surface area contributed by atoms with Gasteiger partial charge < -0.3 is 9.72 Å². The van der Waals surface area contributed by atoms with Crippen LogP contribution in [0.4, 0.5) is 13.2 Å². The second kappa shape index (κ2) is 9.05. The van der Waals surface area contributed by atoms with E-state index in [1.807, 2.05) is 36.1 Å². The highest BCUT2D eigenvalue weighted by molar-refractivity contribution is 5.85. The Hall–Kier alpha value is -2.51. The van der Waals surface area contributed by atoms with Crippen molar-refractivity contribution < 1.29 is 17.9 Å². The van der Waals surface area contributed by atoms with E-state index >= 15 is 8.78 Å². The van der Waals surface area contributed by atoms with E-state index in [1.54, 1.807) is 0 Å². The molecule has 1 saturated carbocycles. The lowest BCUT2D eigenvalue weighted by Gasteiger charge is -2.49. The molecule has 1 aliphatic carbocycles. The normalized spacial score (nSPS) is 27.1. The van der Waals surface area contributed by atoms with Gasteiger partial charge in [0.25, 0.3) is 0 Å². The van der Waals surface area contributed by atoms with Crippen molar-refractivity contribution in [1.82, 2.24) is 14.8 Å². The molecule has 7 heteroatoms. The van der Waals surface area contributed by atoms with Crippen LogP contribution in [0.5, 0.6) is 5.75 Å². The van der Waals surface area contributed by atoms with Crippen LogP contribution in [0, 0.1) is 17.6 Å². The standard InChI is InChI=1S/C30H36F3N3O/c1-17-9-19(10-17)35-14-21(15-35)37-20-12-24(31)27(25(32)13-20)29-28-23(22-7-5-6-8-26(22)34-28)11-18(2)36(29)16-30(3,4)33/h5-8,12-13,17-19,21,29,34H,9-11,14-16H2,1-4H3/t17?,18-,19?,29-/m1/s1. The molecule has 1 N–H and O–H groups in total. The number of likely N-dealkylation sites (tertiary alicyclic amines) is 1. The maximum absolute atomic E-state index is 15.8. The molecular formula is C30H36F3N3O. The number of halogens is 3. The van der Waals surface area contributed by atoms with Crippen molar-refractivity contribution >= 4 is 10.9 Å². The Bertz CT molecular complexity index is 1280. The van der Waals surface area contributed by atoms with Crippen molar-refractivity contribution in [2.75, 3.05) is 19.6 Å². The third kappa shape index (κ3) is 4.54. The first-order valence-corrected chi connectivity index (χ1v) is 13.5. The molecule has 2 aliphatic heterocycles. The van der Waals surface area contributed by atoms with Gasteiger partial charge >= 0.3 is 0 Å². The second-order valence-corrected chi connectivity index (χ2v) is 12.1.